The summed E-state index contributed by atoms with van der Waals surface area (Å²) in [5.41, 5.74) is -0.212. The number of nitrogens with zero attached hydrogens (tertiary/aromatic N) is 2. The first-order chi connectivity index (χ1) is 12.8. The maximum atomic E-state index is 13.8. The third-order valence-electron chi connectivity index (χ3n) is 3.49. The van der Waals surface area contributed by atoms with Gasteiger partial charge in [0.25, 0.3) is 5.91 Å². The quantitative estimate of drug-likeness (QED) is 0.653. The molecule has 0 saturated heterocycles. The zero-order valence-electron chi connectivity index (χ0n) is 13.7. The molecule has 5 nitrogen and oxygen atoms in total. The fourth-order valence-corrected chi connectivity index (χ4v) is 2.87. The molecule has 0 saturated carbocycles. The first-order valence-electron chi connectivity index (χ1n) is 7.42. The van der Waals surface area contributed by atoms with Gasteiger partial charge in [0.2, 0.25) is 0 Å². The number of alkyl halides is 3. The highest BCUT2D eigenvalue weighted by atomic mass is 32.1. The molecule has 0 aliphatic rings. The fraction of sp³-hybridized carbons (Fsp3) is 0.118. The van der Waals surface area contributed by atoms with Crippen molar-refractivity contribution in [1.82, 2.24) is 9.97 Å². The minimum Gasteiger partial charge on any atom is -0.494 e. The highest BCUT2D eigenvalue weighted by molar-refractivity contribution is 7.14. The van der Waals surface area contributed by atoms with Crippen molar-refractivity contribution in [3.05, 3.63) is 59.0 Å². The largest absolute Gasteiger partial charge is 0.494 e. The van der Waals surface area contributed by atoms with Crippen LogP contribution in [0.15, 0.2) is 41.9 Å². The molecule has 0 unspecified atom stereocenters. The first-order valence-corrected chi connectivity index (χ1v) is 8.30. The Morgan fingerprint density at radius 3 is 2.59 bits per heavy atom. The Morgan fingerprint density at radius 1 is 1.22 bits per heavy atom. The lowest BCUT2D eigenvalue weighted by atomic mass is 10.1. The van der Waals surface area contributed by atoms with Crippen molar-refractivity contribution in [2.45, 2.75) is 6.18 Å². The van der Waals surface area contributed by atoms with Crippen LogP contribution in [0.3, 0.4) is 0 Å². The average molecular weight is 397 g/mol. The maximum Gasteiger partial charge on any atom is 0.433 e. The van der Waals surface area contributed by atoms with Crippen molar-refractivity contribution in [3.8, 4) is 17.0 Å². The Balaban J connectivity index is 1.73. The summed E-state index contributed by atoms with van der Waals surface area (Å²) in [5.74, 6) is -1.11. The van der Waals surface area contributed by atoms with Gasteiger partial charge in [-0.2, -0.15) is 13.2 Å². The molecular formula is C17H11F4N3O2S. The second-order valence-corrected chi connectivity index (χ2v) is 6.13. The Labute approximate surface area is 154 Å². The number of benzene rings is 1. The molecule has 1 amide bonds. The molecule has 2 heterocycles. The molecular weight excluding hydrogens is 386 g/mol. The summed E-state index contributed by atoms with van der Waals surface area (Å²) in [6, 6.07) is 6.07. The van der Waals surface area contributed by atoms with Gasteiger partial charge in [-0.1, -0.05) is 0 Å². The number of hydrogen-bond acceptors (Lipinski definition) is 5. The van der Waals surface area contributed by atoms with E-state index in [-0.39, 0.29) is 16.4 Å². The number of nitrogens with one attached hydrogen (secondary N) is 1. The van der Waals surface area contributed by atoms with Gasteiger partial charge in [0, 0.05) is 17.1 Å². The number of carbonyl (C=O) groups is 1. The number of amides is 1. The highest BCUT2D eigenvalue weighted by Crippen LogP contribution is 2.29. The maximum absolute atomic E-state index is 13.8. The van der Waals surface area contributed by atoms with Gasteiger partial charge in [-0.15, -0.1) is 11.3 Å². The van der Waals surface area contributed by atoms with Crippen molar-refractivity contribution >= 4 is 22.4 Å². The molecule has 27 heavy (non-hydrogen) atoms. The van der Waals surface area contributed by atoms with Crippen LogP contribution in [0.1, 0.15) is 16.1 Å². The number of rotatable bonds is 4. The molecule has 0 aliphatic carbocycles. The number of methoxy groups -OCH3 is 1. The predicted octanol–water partition coefficient (Wildman–Crippen LogP) is 4.62. The third kappa shape index (κ3) is 4.22. The van der Waals surface area contributed by atoms with Gasteiger partial charge in [-0.3, -0.25) is 15.1 Å². The van der Waals surface area contributed by atoms with Crippen molar-refractivity contribution in [1.29, 1.82) is 0 Å². The summed E-state index contributed by atoms with van der Waals surface area (Å²) in [7, 11) is 1.35. The second-order valence-electron chi connectivity index (χ2n) is 5.27. The van der Waals surface area contributed by atoms with Crippen LogP contribution in [0.5, 0.6) is 5.75 Å². The van der Waals surface area contributed by atoms with Gasteiger partial charge in [0.15, 0.2) is 16.7 Å². The number of anilines is 1. The van der Waals surface area contributed by atoms with E-state index >= 15 is 0 Å². The molecule has 0 radical (unpaired) electrons. The van der Waals surface area contributed by atoms with Gasteiger partial charge in [0.05, 0.1) is 18.4 Å². The van der Waals surface area contributed by atoms with E-state index in [4.69, 9.17) is 4.74 Å². The lowest BCUT2D eigenvalue weighted by molar-refractivity contribution is -0.141. The summed E-state index contributed by atoms with van der Waals surface area (Å²) in [4.78, 5) is 19.5. The molecule has 2 aromatic heterocycles. The van der Waals surface area contributed by atoms with Crippen LogP contribution in [0.4, 0.5) is 22.7 Å². The fourth-order valence-electron chi connectivity index (χ4n) is 2.15. The van der Waals surface area contributed by atoms with Gasteiger partial charge >= 0.3 is 6.18 Å². The summed E-state index contributed by atoms with van der Waals surface area (Å²) in [6.45, 7) is 0. The van der Waals surface area contributed by atoms with E-state index in [1.54, 1.807) is 11.4 Å². The number of halogens is 4. The van der Waals surface area contributed by atoms with Crippen molar-refractivity contribution in [2.24, 2.45) is 0 Å². The Hall–Kier alpha value is -3.01. The van der Waals surface area contributed by atoms with Crippen LogP contribution >= 0.6 is 11.3 Å². The van der Waals surface area contributed by atoms with E-state index in [9.17, 15) is 22.4 Å². The SMILES string of the molecule is COc1ccc(-c2csc(NC(=O)c3ccc(C(F)(F)F)nc3)n2)cc1F. The van der Waals surface area contributed by atoms with Crippen LogP contribution < -0.4 is 10.1 Å². The van der Waals surface area contributed by atoms with Crippen LogP contribution in [-0.2, 0) is 6.18 Å². The van der Waals surface area contributed by atoms with E-state index in [2.05, 4.69) is 15.3 Å². The molecule has 140 valence electrons. The normalized spacial score (nSPS) is 11.3. The molecule has 0 atom stereocenters. The minimum absolute atomic E-state index is 0.0461. The predicted molar refractivity (Wildman–Crippen MR) is 91.3 cm³/mol. The second kappa shape index (κ2) is 7.31. The zero-order valence-corrected chi connectivity index (χ0v) is 14.5. The number of ether oxygens (including phenoxy) is 1. The highest BCUT2D eigenvalue weighted by Gasteiger charge is 2.32. The summed E-state index contributed by atoms with van der Waals surface area (Å²) < 4.78 is 56.1. The smallest absolute Gasteiger partial charge is 0.433 e. The molecule has 1 aromatic carbocycles. The third-order valence-corrected chi connectivity index (χ3v) is 4.25. The summed E-state index contributed by atoms with van der Waals surface area (Å²) >= 11 is 1.09. The molecule has 0 fully saturated rings. The molecule has 10 heteroatoms. The Morgan fingerprint density at radius 2 is 2.00 bits per heavy atom. The molecule has 1 N–H and O–H groups in total. The summed E-state index contributed by atoms with van der Waals surface area (Å²) in [6.07, 6.45) is -3.74. The van der Waals surface area contributed by atoms with Gasteiger partial charge < -0.3 is 4.74 Å². The number of aromatic nitrogens is 2. The Bertz CT molecular complexity index is 971. The van der Waals surface area contributed by atoms with Crippen molar-refractivity contribution in [2.75, 3.05) is 12.4 Å². The lowest BCUT2D eigenvalue weighted by Crippen LogP contribution is -2.14. The monoisotopic (exact) mass is 397 g/mol. The van der Waals surface area contributed by atoms with Crippen molar-refractivity contribution in [3.63, 3.8) is 0 Å². The van der Waals surface area contributed by atoms with Gasteiger partial charge in [-0.05, 0) is 30.3 Å². The summed E-state index contributed by atoms with van der Waals surface area (Å²) in [5, 5.41) is 4.30. The van der Waals surface area contributed by atoms with Crippen molar-refractivity contribution < 1.29 is 27.1 Å². The Kier molecular flexibility index (Phi) is 5.08. The van der Waals surface area contributed by atoms with E-state index in [1.807, 2.05) is 0 Å². The number of hydrogen-bond donors (Lipinski definition) is 1. The minimum atomic E-state index is -4.58. The molecule has 3 rings (SSSR count). The van der Waals surface area contributed by atoms with E-state index in [1.165, 1.54) is 19.2 Å². The average Bonchev–Trinajstić information content (AvgIpc) is 3.09. The van der Waals surface area contributed by atoms with E-state index in [0.717, 1.165) is 29.7 Å². The molecule has 0 spiro atoms. The zero-order chi connectivity index (χ0) is 19.6. The van der Waals surface area contributed by atoms with Gasteiger partial charge in [0.1, 0.15) is 5.69 Å². The lowest BCUT2D eigenvalue weighted by Gasteiger charge is -2.06. The molecule has 3 aromatic rings. The first kappa shape index (κ1) is 18.8. The molecule has 0 aliphatic heterocycles. The van der Waals surface area contributed by atoms with Crippen LogP contribution in [0.25, 0.3) is 11.3 Å². The van der Waals surface area contributed by atoms with Gasteiger partial charge in [-0.25, -0.2) is 9.37 Å². The number of pyridine rings is 1. The van der Waals surface area contributed by atoms with E-state index < -0.39 is 23.6 Å². The number of carbonyl (C=O) groups excluding carboxylic acids is 1. The van der Waals surface area contributed by atoms with Crippen LogP contribution in [0.2, 0.25) is 0 Å². The standard InChI is InChI=1S/C17H11F4N3O2S/c1-26-13-4-2-9(6-11(13)18)12-8-27-16(23-12)24-15(25)10-3-5-14(22-7-10)17(19,20)21/h2-8H,1H3,(H,23,24,25). The topological polar surface area (TPSA) is 64.1 Å². The van der Waals surface area contributed by atoms with Crippen LogP contribution in [-0.4, -0.2) is 23.0 Å². The molecule has 0 bridgehead atoms. The number of thiazole rings is 1. The van der Waals surface area contributed by atoms with E-state index in [0.29, 0.717) is 11.3 Å². The van der Waals surface area contributed by atoms with Crippen LogP contribution in [0, 0.1) is 5.82 Å².